The zero-order chi connectivity index (χ0) is 17.7. The van der Waals surface area contributed by atoms with Gasteiger partial charge in [-0.3, -0.25) is 15.2 Å². The minimum atomic E-state index is -4.01. The molecule has 2 aromatic rings. The second-order valence-electron chi connectivity index (χ2n) is 5.12. The third kappa shape index (κ3) is 4.47. The molecule has 0 fully saturated rings. The molecule has 0 bridgehead atoms. The maximum Gasteiger partial charge on any atom is 0.269 e. The highest BCUT2D eigenvalue weighted by molar-refractivity contribution is 7.89. The smallest absolute Gasteiger partial charge is 0.269 e. The monoisotopic (exact) mass is 367 g/mol. The number of hydrogen-bond acceptors (Lipinski definition) is 4. The molecule has 128 valence electrons. The SMILES string of the molecule is CCCN(NC(=O)c1ccc(Cl)c(S(N)(=O)=O)c1)c1ccccc1. The Morgan fingerprint density at radius 1 is 1.21 bits per heavy atom. The predicted molar refractivity (Wildman–Crippen MR) is 94.4 cm³/mol. The lowest BCUT2D eigenvalue weighted by atomic mass is 10.2. The number of amides is 1. The largest absolute Gasteiger partial charge is 0.285 e. The summed E-state index contributed by atoms with van der Waals surface area (Å²) in [5.74, 6) is -0.450. The Hall–Kier alpha value is -2.09. The summed E-state index contributed by atoms with van der Waals surface area (Å²) in [7, 11) is -4.01. The molecule has 24 heavy (non-hydrogen) atoms. The lowest BCUT2D eigenvalue weighted by molar-refractivity contribution is 0.0948. The fourth-order valence-electron chi connectivity index (χ4n) is 2.13. The van der Waals surface area contributed by atoms with E-state index < -0.39 is 15.9 Å². The van der Waals surface area contributed by atoms with Gasteiger partial charge < -0.3 is 0 Å². The Morgan fingerprint density at radius 3 is 2.46 bits per heavy atom. The highest BCUT2D eigenvalue weighted by Crippen LogP contribution is 2.21. The number of carbonyl (C=O) groups is 1. The van der Waals surface area contributed by atoms with Crippen molar-refractivity contribution in [3.05, 3.63) is 59.1 Å². The summed E-state index contributed by atoms with van der Waals surface area (Å²) >= 11 is 5.84. The second-order valence-corrected chi connectivity index (χ2v) is 7.06. The molecule has 0 atom stereocenters. The van der Waals surface area contributed by atoms with Crippen molar-refractivity contribution in [1.82, 2.24) is 5.43 Å². The van der Waals surface area contributed by atoms with Gasteiger partial charge in [-0.1, -0.05) is 36.7 Å². The number of anilines is 1. The Labute approximate surface area is 146 Å². The quantitative estimate of drug-likeness (QED) is 0.767. The number of nitrogens with two attached hydrogens (primary N) is 1. The van der Waals surface area contributed by atoms with Gasteiger partial charge >= 0.3 is 0 Å². The number of hydrazine groups is 1. The van der Waals surface area contributed by atoms with Crippen LogP contribution in [0.3, 0.4) is 0 Å². The zero-order valence-corrected chi connectivity index (χ0v) is 14.6. The van der Waals surface area contributed by atoms with Gasteiger partial charge in [0, 0.05) is 12.1 Å². The van der Waals surface area contributed by atoms with Crippen LogP contribution >= 0.6 is 11.6 Å². The molecule has 0 unspecified atom stereocenters. The minimum Gasteiger partial charge on any atom is -0.285 e. The minimum absolute atomic E-state index is 0.0254. The van der Waals surface area contributed by atoms with Gasteiger partial charge in [-0.15, -0.1) is 0 Å². The highest BCUT2D eigenvalue weighted by Gasteiger charge is 2.18. The first-order valence-corrected chi connectivity index (χ1v) is 9.21. The topological polar surface area (TPSA) is 92.5 Å². The molecule has 3 N–H and O–H groups in total. The highest BCUT2D eigenvalue weighted by atomic mass is 35.5. The van der Waals surface area contributed by atoms with Crippen molar-refractivity contribution in [2.75, 3.05) is 11.6 Å². The van der Waals surface area contributed by atoms with Crippen molar-refractivity contribution in [3.8, 4) is 0 Å². The van der Waals surface area contributed by atoms with E-state index in [4.69, 9.17) is 16.7 Å². The Morgan fingerprint density at radius 2 is 1.88 bits per heavy atom. The normalized spacial score (nSPS) is 11.1. The van der Waals surface area contributed by atoms with Crippen molar-refractivity contribution >= 4 is 33.2 Å². The molecule has 2 aromatic carbocycles. The number of para-hydroxylation sites is 1. The van der Waals surface area contributed by atoms with E-state index in [2.05, 4.69) is 5.43 Å². The van der Waals surface area contributed by atoms with E-state index in [1.807, 2.05) is 37.3 Å². The van der Waals surface area contributed by atoms with Crippen LogP contribution in [0.1, 0.15) is 23.7 Å². The first-order valence-electron chi connectivity index (χ1n) is 7.29. The molecule has 2 rings (SSSR count). The van der Waals surface area contributed by atoms with Crippen molar-refractivity contribution in [3.63, 3.8) is 0 Å². The molecule has 0 radical (unpaired) electrons. The molecule has 0 saturated heterocycles. The average Bonchev–Trinajstić information content (AvgIpc) is 2.54. The number of rotatable bonds is 6. The second kappa shape index (κ2) is 7.65. The number of benzene rings is 2. The fourth-order valence-corrected chi connectivity index (χ4v) is 3.20. The molecule has 0 spiro atoms. The van der Waals surface area contributed by atoms with Crippen LogP contribution in [-0.4, -0.2) is 20.9 Å². The molecule has 0 saturated carbocycles. The lowest BCUT2D eigenvalue weighted by Gasteiger charge is -2.25. The van der Waals surface area contributed by atoms with Gasteiger partial charge in [-0.05, 0) is 36.8 Å². The van der Waals surface area contributed by atoms with E-state index in [-0.39, 0.29) is 15.5 Å². The number of primary sulfonamides is 1. The predicted octanol–water partition coefficient (Wildman–Crippen LogP) is 2.55. The molecule has 6 nitrogen and oxygen atoms in total. The first kappa shape index (κ1) is 18.3. The summed E-state index contributed by atoms with van der Waals surface area (Å²) in [6, 6.07) is 13.3. The molecule has 8 heteroatoms. The average molecular weight is 368 g/mol. The van der Waals surface area contributed by atoms with Crippen molar-refractivity contribution in [1.29, 1.82) is 0 Å². The maximum atomic E-state index is 12.5. The first-order chi connectivity index (χ1) is 11.3. The van der Waals surface area contributed by atoms with E-state index in [1.165, 1.54) is 18.2 Å². The van der Waals surface area contributed by atoms with E-state index >= 15 is 0 Å². The van der Waals surface area contributed by atoms with Gasteiger partial charge in [0.2, 0.25) is 10.0 Å². The summed E-state index contributed by atoms with van der Waals surface area (Å²) in [4.78, 5) is 12.2. The van der Waals surface area contributed by atoms with Gasteiger partial charge in [-0.2, -0.15) is 0 Å². The number of carbonyl (C=O) groups excluding carboxylic acids is 1. The van der Waals surface area contributed by atoms with Gasteiger partial charge in [-0.25, -0.2) is 13.6 Å². The van der Waals surface area contributed by atoms with Crippen LogP contribution in [0.25, 0.3) is 0 Å². The van der Waals surface area contributed by atoms with Crippen LogP contribution in [-0.2, 0) is 10.0 Å². The van der Waals surface area contributed by atoms with Crippen molar-refractivity contribution < 1.29 is 13.2 Å². The van der Waals surface area contributed by atoms with Gasteiger partial charge in [0.1, 0.15) is 4.90 Å². The molecule has 0 heterocycles. The summed E-state index contributed by atoms with van der Waals surface area (Å²) in [6.07, 6.45) is 0.818. The third-order valence-electron chi connectivity index (χ3n) is 3.25. The van der Waals surface area contributed by atoms with Crippen LogP contribution in [0.15, 0.2) is 53.4 Å². The summed E-state index contributed by atoms with van der Waals surface area (Å²) in [5.41, 5.74) is 3.74. The Bertz CT molecular complexity index is 826. The Kier molecular flexibility index (Phi) is 5.82. The summed E-state index contributed by atoms with van der Waals surface area (Å²) in [6.45, 7) is 2.59. The molecular weight excluding hydrogens is 350 g/mol. The summed E-state index contributed by atoms with van der Waals surface area (Å²) in [5, 5.41) is 6.79. The van der Waals surface area contributed by atoms with Gasteiger partial charge in [0.15, 0.2) is 0 Å². The van der Waals surface area contributed by atoms with Gasteiger partial charge in [0.05, 0.1) is 10.7 Å². The van der Waals surface area contributed by atoms with Crippen LogP contribution in [0.5, 0.6) is 0 Å². The number of nitrogens with zero attached hydrogens (tertiary/aromatic N) is 1. The van der Waals surface area contributed by atoms with Crippen LogP contribution in [0.2, 0.25) is 5.02 Å². The molecule has 0 aliphatic rings. The fraction of sp³-hybridized carbons (Fsp3) is 0.188. The molecule has 0 aliphatic carbocycles. The van der Waals surface area contributed by atoms with E-state index in [0.717, 1.165) is 12.1 Å². The molecule has 0 aromatic heterocycles. The van der Waals surface area contributed by atoms with Crippen molar-refractivity contribution in [2.24, 2.45) is 5.14 Å². The molecular formula is C16H18ClN3O3S. The van der Waals surface area contributed by atoms with Crippen LogP contribution in [0, 0.1) is 0 Å². The summed E-state index contributed by atoms with van der Waals surface area (Å²) < 4.78 is 23.1. The zero-order valence-electron chi connectivity index (χ0n) is 13.1. The number of hydrogen-bond donors (Lipinski definition) is 2. The number of sulfonamides is 1. The van der Waals surface area contributed by atoms with Crippen LogP contribution in [0.4, 0.5) is 5.69 Å². The lowest BCUT2D eigenvalue weighted by Crippen LogP contribution is -2.43. The Balaban J connectivity index is 2.28. The van der Waals surface area contributed by atoms with E-state index in [9.17, 15) is 13.2 Å². The van der Waals surface area contributed by atoms with E-state index in [0.29, 0.717) is 6.54 Å². The van der Waals surface area contributed by atoms with E-state index in [1.54, 1.807) is 5.01 Å². The van der Waals surface area contributed by atoms with Crippen molar-refractivity contribution in [2.45, 2.75) is 18.2 Å². The standard InChI is InChI=1S/C16H18ClN3O3S/c1-2-10-20(13-6-4-3-5-7-13)19-16(21)12-8-9-14(17)15(11-12)24(18,22)23/h3-9,11H,2,10H2,1H3,(H,19,21)(H2,18,22,23). The number of nitrogens with one attached hydrogen (secondary N) is 1. The number of halogens is 1. The molecule has 1 amide bonds. The maximum absolute atomic E-state index is 12.5. The van der Waals surface area contributed by atoms with Crippen LogP contribution < -0.4 is 15.6 Å². The molecule has 0 aliphatic heterocycles. The third-order valence-corrected chi connectivity index (χ3v) is 4.64. The van der Waals surface area contributed by atoms with Gasteiger partial charge in [0.25, 0.3) is 5.91 Å².